The van der Waals surface area contributed by atoms with Gasteiger partial charge in [0.2, 0.25) is 0 Å². The molecule has 6 rings (SSSR count). The number of carbonyl (C=O) groups is 2. The largest absolute Gasteiger partial charge is 0.379 e. The first kappa shape index (κ1) is 30.7. The Morgan fingerprint density at radius 2 is 1.59 bits per heavy atom. The molecule has 9 nitrogen and oxygen atoms in total. The number of aromatic nitrogens is 3. The number of hydrogen-bond donors (Lipinski definition) is 2. The van der Waals surface area contributed by atoms with Crippen molar-refractivity contribution < 1.29 is 14.3 Å². The third-order valence-corrected chi connectivity index (χ3v) is 7.74. The summed E-state index contributed by atoms with van der Waals surface area (Å²) in [5, 5.41) is 8.45. The van der Waals surface area contributed by atoms with E-state index < -0.39 is 5.91 Å². The number of rotatable bonds is 9. The Balaban J connectivity index is 0.00000188. The second kappa shape index (κ2) is 14.2. The highest BCUT2D eigenvalue weighted by atomic mass is 16.5. The van der Waals surface area contributed by atoms with Crippen LogP contribution in [-0.4, -0.2) is 70.5 Å². The summed E-state index contributed by atoms with van der Waals surface area (Å²) in [7, 11) is 0. The summed E-state index contributed by atoms with van der Waals surface area (Å²) >= 11 is 0. The van der Waals surface area contributed by atoms with Crippen molar-refractivity contribution in [2.24, 2.45) is 5.73 Å². The molecule has 1 fully saturated rings. The van der Waals surface area contributed by atoms with E-state index in [9.17, 15) is 9.59 Å². The fourth-order valence-electron chi connectivity index (χ4n) is 5.38. The highest BCUT2D eigenvalue weighted by Gasteiger charge is 2.13. The summed E-state index contributed by atoms with van der Waals surface area (Å²) in [5.41, 5.74) is 12.5. The molecule has 0 atom stereocenters. The molecule has 0 unspecified atom stereocenters. The summed E-state index contributed by atoms with van der Waals surface area (Å²) in [6.45, 7) is 11.5. The van der Waals surface area contributed by atoms with E-state index >= 15 is 0 Å². The van der Waals surface area contributed by atoms with Gasteiger partial charge >= 0.3 is 0 Å². The minimum absolute atomic E-state index is 0.0496. The molecule has 3 aromatic carbocycles. The van der Waals surface area contributed by atoms with Gasteiger partial charge in [0.1, 0.15) is 0 Å². The van der Waals surface area contributed by atoms with E-state index in [2.05, 4.69) is 68.5 Å². The van der Waals surface area contributed by atoms with E-state index in [1.54, 1.807) is 10.7 Å². The standard InChI is InChI=1S/C33H34N6O3.C2H6/c1-23-20-30(32(34)40)36-39(23)29-10-11-31-28(21-29)12-14-38(31)22-24-2-4-25(5-3-24)26-6-8-27(9-7-26)33(41)35-13-15-37-16-18-42-19-17-37;1-2/h2-12,14,20-21H,13,15-19,22H2,1H3,(H2,34,40)(H,35,41);1-2H3. The first-order valence-electron chi connectivity index (χ1n) is 15.2. The quantitative estimate of drug-likeness (QED) is 0.250. The van der Waals surface area contributed by atoms with E-state index in [1.165, 1.54) is 5.56 Å². The van der Waals surface area contributed by atoms with Gasteiger partial charge in [0, 0.05) is 61.1 Å². The van der Waals surface area contributed by atoms with Crippen molar-refractivity contribution in [2.75, 3.05) is 39.4 Å². The van der Waals surface area contributed by atoms with Crippen LogP contribution in [0.15, 0.2) is 85.1 Å². The Hall–Kier alpha value is -4.73. The molecular formula is C35H40N6O3. The smallest absolute Gasteiger partial charge is 0.269 e. The van der Waals surface area contributed by atoms with Crippen LogP contribution in [0.2, 0.25) is 0 Å². The third kappa shape index (κ3) is 7.07. The average Bonchev–Trinajstić information content (AvgIpc) is 3.66. The fraction of sp³-hybridized carbons (Fsp3) is 0.286. The molecule has 0 saturated carbocycles. The molecule has 44 heavy (non-hydrogen) atoms. The average molecular weight is 593 g/mol. The summed E-state index contributed by atoms with van der Waals surface area (Å²) in [5.74, 6) is -0.586. The molecule has 228 valence electrons. The summed E-state index contributed by atoms with van der Waals surface area (Å²) in [6.07, 6.45) is 2.08. The summed E-state index contributed by atoms with van der Waals surface area (Å²) in [4.78, 5) is 26.4. The molecule has 5 aromatic rings. The van der Waals surface area contributed by atoms with Gasteiger partial charge < -0.3 is 20.4 Å². The summed E-state index contributed by atoms with van der Waals surface area (Å²) < 4.78 is 9.32. The van der Waals surface area contributed by atoms with Crippen LogP contribution in [0.5, 0.6) is 0 Å². The third-order valence-electron chi connectivity index (χ3n) is 7.74. The van der Waals surface area contributed by atoms with Gasteiger partial charge in [-0.1, -0.05) is 50.2 Å². The van der Waals surface area contributed by atoms with E-state index in [-0.39, 0.29) is 11.6 Å². The van der Waals surface area contributed by atoms with Crippen molar-refractivity contribution >= 4 is 22.7 Å². The van der Waals surface area contributed by atoms with E-state index in [4.69, 9.17) is 10.5 Å². The van der Waals surface area contributed by atoms with Crippen molar-refractivity contribution in [3.8, 4) is 16.8 Å². The molecule has 2 aromatic heterocycles. The Bertz CT molecular complexity index is 1710. The highest BCUT2D eigenvalue weighted by molar-refractivity contribution is 5.94. The van der Waals surface area contributed by atoms with E-state index in [0.717, 1.165) is 72.8 Å². The predicted octanol–water partition coefficient (Wildman–Crippen LogP) is 5.04. The maximum Gasteiger partial charge on any atom is 0.269 e. The maximum absolute atomic E-state index is 12.6. The fourth-order valence-corrected chi connectivity index (χ4v) is 5.38. The Kier molecular flexibility index (Phi) is 9.89. The van der Waals surface area contributed by atoms with Gasteiger partial charge in [-0.15, -0.1) is 0 Å². The van der Waals surface area contributed by atoms with Crippen LogP contribution in [0, 0.1) is 6.92 Å². The highest BCUT2D eigenvalue weighted by Crippen LogP contribution is 2.24. The SMILES string of the molecule is CC.Cc1cc(C(N)=O)nn1-c1ccc2c(ccn2Cc2ccc(-c3ccc(C(=O)NCCN4CCOCC4)cc3)cc2)c1. The summed E-state index contributed by atoms with van der Waals surface area (Å²) in [6, 6.07) is 26.2. The van der Waals surface area contributed by atoms with Gasteiger partial charge in [-0.05, 0) is 66.1 Å². The van der Waals surface area contributed by atoms with Crippen LogP contribution in [0.1, 0.15) is 46.0 Å². The lowest BCUT2D eigenvalue weighted by Crippen LogP contribution is -2.41. The molecular weight excluding hydrogens is 552 g/mol. The van der Waals surface area contributed by atoms with Gasteiger partial charge in [-0.3, -0.25) is 14.5 Å². The van der Waals surface area contributed by atoms with Crippen molar-refractivity contribution in [3.63, 3.8) is 0 Å². The molecule has 0 bridgehead atoms. The number of ether oxygens (including phenoxy) is 1. The van der Waals surface area contributed by atoms with Crippen LogP contribution in [-0.2, 0) is 11.3 Å². The molecule has 0 radical (unpaired) electrons. The second-order valence-corrected chi connectivity index (χ2v) is 10.6. The molecule has 1 saturated heterocycles. The second-order valence-electron chi connectivity index (χ2n) is 10.6. The predicted molar refractivity (Wildman–Crippen MR) is 174 cm³/mol. The molecule has 3 heterocycles. The molecule has 3 N–H and O–H groups in total. The monoisotopic (exact) mass is 592 g/mol. The van der Waals surface area contributed by atoms with E-state index in [0.29, 0.717) is 12.1 Å². The minimum Gasteiger partial charge on any atom is -0.379 e. The lowest BCUT2D eigenvalue weighted by Gasteiger charge is -2.26. The zero-order chi connectivity index (χ0) is 31.1. The van der Waals surface area contributed by atoms with Crippen molar-refractivity contribution in [2.45, 2.75) is 27.3 Å². The number of amides is 2. The zero-order valence-electron chi connectivity index (χ0n) is 25.6. The maximum atomic E-state index is 12.6. The number of nitrogens with zero attached hydrogens (tertiary/aromatic N) is 4. The molecule has 1 aliphatic heterocycles. The van der Waals surface area contributed by atoms with Gasteiger partial charge in [0.05, 0.1) is 18.9 Å². The molecule has 1 aliphatic rings. The van der Waals surface area contributed by atoms with Gasteiger partial charge in [0.25, 0.3) is 11.8 Å². The van der Waals surface area contributed by atoms with Crippen LogP contribution in [0.25, 0.3) is 27.7 Å². The van der Waals surface area contributed by atoms with Gasteiger partial charge in [-0.25, -0.2) is 4.68 Å². The minimum atomic E-state index is -0.537. The lowest BCUT2D eigenvalue weighted by molar-refractivity contribution is 0.0383. The number of aryl methyl sites for hydroxylation is 1. The molecule has 0 aliphatic carbocycles. The number of nitrogens with one attached hydrogen (secondary N) is 1. The van der Waals surface area contributed by atoms with Crippen LogP contribution in [0.3, 0.4) is 0 Å². The van der Waals surface area contributed by atoms with Crippen molar-refractivity contribution in [1.29, 1.82) is 0 Å². The number of carbonyl (C=O) groups excluding carboxylic acids is 2. The number of hydrogen-bond acceptors (Lipinski definition) is 5. The van der Waals surface area contributed by atoms with Crippen molar-refractivity contribution in [3.05, 3.63) is 108 Å². The van der Waals surface area contributed by atoms with E-state index in [1.807, 2.05) is 51.1 Å². The van der Waals surface area contributed by atoms with Crippen molar-refractivity contribution in [1.82, 2.24) is 24.6 Å². The van der Waals surface area contributed by atoms with Crippen LogP contribution < -0.4 is 11.1 Å². The Morgan fingerprint density at radius 3 is 2.25 bits per heavy atom. The zero-order valence-corrected chi connectivity index (χ0v) is 25.6. The Morgan fingerprint density at radius 1 is 0.909 bits per heavy atom. The van der Waals surface area contributed by atoms with Crippen LogP contribution >= 0.6 is 0 Å². The number of morpholine rings is 1. The number of primary amides is 1. The molecule has 9 heteroatoms. The molecule has 0 spiro atoms. The van der Waals surface area contributed by atoms with Gasteiger partial charge in [-0.2, -0.15) is 5.10 Å². The number of nitrogens with two attached hydrogens (primary N) is 1. The number of fused-ring (bicyclic) bond motifs is 1. The van der Waals surface area contributed by atoms with Crippen LogP contribution in [0.4, 0.5) is 0 Å². The lowest BCUT2D eigenvalue weighted by atomic mass is 10.0. The Labute approximate surface area is 258 Å². The first-order chi connectivity index (χ1) is 21.4. The first-order valence-corrected chi connectivity index (χ1v) is 15.2. The molecule has 2 amide bonds. The number of benzene rings is 3. The normalized spacial score (nSPS) is 13.3. The topological polar surface area (TPSA) is 107 Å². The van der Waals surface area contributed by atoms with Gasteiger partial charge in [0.15, 0.2) is 5.69 Å².